The molecule has 0 spiro atoms. The maximum atomic E-state index is 12.9. The fourth-order valence-electron chi connectivity index (χ4n) is 2.99. The number of amides is 1. The molecule has 120 valence electrons. The van der Waals surface area contributed by atoms with Gasteiger partial charge in [-0.05, 0) is 49.9 Å². The second-order valence-corrected chi connectivity index (χ2v) is 7.12. The number of rotatable bonds is 3. The number of hydrogen-bond acceptors (Lipinski definition) is 4. The molecule has 4 nitrogen and oxygen atoms in total. The Balaban J connectivity index is 1.98. The molecule has 1 aliphatic heterocycles. The zero-order valence-electron chi connectivity index (χ0n) is 13.4. The number of thiophene rings is 1. The number of carbonyl (C=O) groups excluding carboxylic acids is 2. The van der Waals surface area contributed by atoms with Crippen molar-refractivity contribution in [3.63, 3.8) is 0 Å². The van der Waals surface area contributed by atoms with Gasteiger partial charge in [0.05, 0.1) is 0 Å². The monoisotopic (exact) mass is 329 g/mol. The van der Waals surface area contributed by atoms with E-state index >= 15 is 0 Å². The van der Waals surface area contributed by atoms with E-state index in [0.717, 1.165) is 16.7 Å². The third-order valence-electron chi connectivity index (χ3n) is 4.01. The molecule has 1 aromatic carbocycles. The number of ether oxygens (including phenoxy) is 1. The van der Waals surface area contributed by atoms with Crippen molar-refractivity contribution in [2.45, 2.75) is 38.6 Å². The predicted molar refractivity (Wildman–Crippen MR) is 89.4 cm³/mol. The Bertz CT molecular complexity index is 723. The highest BCUT2D eigenvalue weighted by Crippen LogP contribution is 2.42. The Labute approximate surface area is 139 Å². The van der Waals surface area contributed by atoms with Crippen molar-refractivity contribution in [3.8, 4) is 0 Å². The molecule has 1 fully saturated rings. The van der Waals surface area contributed by atoms with Crippen LogP contribution in [-0.4, -0.2) is 28.9 Å². The molecule has 2 heterocycles. The molecule has 1 aromatic heterocycles. The first-order valence-corrected chi connectivity index (χ1v) is 8.39. The Morgan fingerprint density at radius 2 is 2.00 bits per heavy atom. The van der Waals surface area contributed by atoms with Gasteiger partial charge in [0.25, 0.3) is 5.91 Å². The minimum Gasteiger partial charge on any atom is -0.345 e. The van der Waals surface area contributed by atoms with Gasteiger partial charge < -0.3 is 9.53 Å². The van der Waals surface area contributed by atoms with Crippen LogP contribution in [0.5, 0.6) is 0 Å². The Hall–Kier alpha value is -1.98. The highest BCUT2D eigenvalue weighted by molar-refractivity contribution is 7.10. The van der Waals surface area contributed by atoms with Crippen LogP contribution in [0.4, 0.5) is 0 Å². The Morgan fingerprint density at radius 1 is 1.30 bits per heavy atom. The van der Waals surface area contributed by atoms with Crippen molar-refractivity contribution in [1.82, 2.24) is 4.90 Å². The summed E-state index contributed by atoms with van der Waals surface area (Å²) in [7, 11) is 0. The summed E-state index contributed by atoms with van der Waals surface area (Å²) in [6, 6.07) is 10.4. The van der Waals surface area contributed by atoms with Gasteiger partial charge in [-0.25, -0.2) is 0 Å². The van der Waals surface area contributed by atoms with Crippen LogP contribution in [0.1, 0.15) is 40.8 Å². The molecule has 1 saturated heterocycles. The smallest absolute Gasteiger partial charge is 0.256 e. The molecule has 5 heteroatoms. The summed E-state index contributed by atoms with van der Waals surface area (Å²) in [5.41, 5.74) is 0.837. The molecule has 0 saturated carbocycles. The van der Waals surface area contributed by atoms with E-state index in [-0.39, 0.29) is 5.91 Å². The first-order valence-electron chi connectivity index (χ1n) is 7.51. The van der Waals surface area contributed by atoms with E-state index in [1.165, 1.54) is 0 Å². The fraction of sp³-hybridized carbons (Fsp3) is 0.333. The third-order valence-corrected chi connectivity index (χ3v) is 5.13. The van der Waals surface area contributed by atoms with Gasteiger partial charge in [0.15, 0.2) is 0 Å². The van der Waals surface area contributed by atoms with Crippen LogP contribution in [0.3, 0.4) is 0 Å². The number of aryl methyl sites for hydroxylation is 1. The molecule has 3 rings (SSSR count). The standard InChI is InChI=1S/C18H19NO3S/c1-12-9-15(23-11-12)16-14(10-20)19(18(2,3)22-16)17(21)13-7-5-4-6-8-13/h4-11,14,16H,1-3H3/t14-,16-/m0/s1. The molecule has 23 heavy (non-hydrogen) atoms. The maximum Gasteiger partial charge on any atom is 0.256 e. The van der Waals surface area contributed by atoms with Crippen LogP contribution >= 0.6 is 11.3 Å². The van der Waals surface area contributed by atoms with Gasteiger partial charge in [0.2, 0.25) is 0 Å². The van der Waals surface area contributed by atoms with E-state index in [4.69, 9.17) is 4.74 Å². The van der Waals surface area contributed by atoms with Gasteiger partial charge in [-0.15, -0.1) is 11.3 Å². The highest BCUT2D eigenvalue weighted by Gasteiger charge is 2.50. The number of benzene rings is 1. The first-order chi connectivity index (χ1) is 10.9. The summed E-state index contributed by atoms with van der Waals surface area (Å²) in [6.45, 7) is 5.65. The minimum atomic E-state index is -0.846. The molecule has 2 aromatic rings. The molecular formula is C18H19NO3S. The van der Waals surface area contributed by atoms with Gasteiger partial charge in [0, 0.05) is 10.4 Å². The largest absolute Gasteiger partial charge is 0.345 e. The average molecular weight is 329 g/mol. The van der Waals surface area contributed by atoms with Gasteiger partial charge in [-0.3, -0.25) is 9.69 Å². The van der Waals surface area contributed by atoms with Crippen LogP contribution in [-0.2, 0) is 9.53 Å². The Kier molecular flexibility index (Phi) is 4.08. The fourth-order valence-corrected chi connectivity index (χ4v) is 3.96. The molecule has 0 radical (unpaired) electrons. The molecule has 2 atom stereocenters. The predicted octanol–water partition coefficient (Wildman–Crippen LogP) is 3.57. The van der Waals surface area contributed by atoms with Gasteiger partial charge in [0.1, 0.15) is 24.2 Å². The summed E-state index contributed by atoms with van der Waals surface area (Å²) in [5, 5.41) is 2.02. The average Bonchev–Trinajstić information content (AvgIpc) is 3.07. The number of aldehydes is 1. The van der Waals surface area contributed by atoms with Crippen molar-refractivity contribution in [2.75, 3.05) is 0 Å². The van der Waals surface area contributed by atoms with Crippen LogP contribution in [0.15, 0.2) is 41.8 Å². The summed E-state index contributed by atoms with van der Waals surface area (Å²) in [4.78, 5) is 27.2. The van der Waals surface area contributed by atoms with Crippen molar-refractivity contribution < 1.29 is 14.3 Å². The van der Waals surface area contributed by atoms with Crippen LogP contribution < -0.4 is 0 Å². The van der Waals surface area contributed by atoms with E-state index in [1.807, 2.05) is 50.4 Å². The minimum absolute atomic E-state index is 0.191. The first kappa shape index (κ1) is 15.9. The Morgan fingerprint density at radius 3 is 2.57 bits per heavy atom. The molecule has 1 amide bonds. The van der Waals surface area contributed by atoms with E-state index in [2.05, 4.69) is 0 Å². The van der Waals surface area contributed by atoms with Crippen molar-refractivity contribution in [1.29, 1.82) is 0 Å². The summed E-state index contributed by atoms with van der Waals surface area (Å²) >= 11 is 1.55. The van der Waals surface area contributed by atoms with E-state index in [1.54, 1.807) is 28.4 Å². The summed E-state index contributed by atoms with van der Waals surface area (Å²) in [5.74, 6) is -0.191. The number of carbonyl (C=O) groups is 2. The lowest BCUT2D eigenvalue weighted by Crippen LogP contribution is -2.48. The number of nitrogens with zero attached hydrogens (tertiary/aromatic N) is 1. The molecular weight excluding hydrogens is 310 g/mol. The van der Waals surface area contributed by atoms with Gasteiger partial charge >= 0.3 is 0 Å². The maximum absolute atomic E-state index is 12.9. The quantitative estimate of drug-likeness (QED) is 0.809. The zero-order chi connectivity index (χ0) is 16.6. The van der Waals surface area contributed by atoms with E-state index in [9.17, 15) is 9.59 Å². The second-order valence-electron chi connectivity index (χ2n) is 6.18. The van der Waals surface area contributed by atoms with Crippen LogP contribution in [0.2, 0.25) is 0 Å². The molecule has 0 bridgehead atoms. The zero-order valence-corrected chi connectivity index (χ0v) is 14.2. The lowest BCUT2D eigenvalue weighted by Gasteiger charge is -2.31. The van der Waals surface area contributed by atoms with Crippen LogP contribution in [0, 0.1) is 6.92 Å². The van der Waals surface area contributed by atoms with Crippen molar-refractivity contribution in [2.24, 2.45) is 0 Å². The summed E-state index contributed by atoms with van der Waals surface area (Å²) < 4.78 is 6.09. The van der Waals surface area contributed by atoms with E-state index in [0.29, 0.717) is 5.56 Å². The van der Waals surface area contributed by atoms with Gasteiger partial charge in [-0.2, -0.15) is 0 Å². The lowest BCUT2D eigenvalue weighted by atomic mass is 10.1. The molecule has 0 aliphatic carbocycles. The normalized spacial score (nSPS) is 23.0. The number of hydrogen-bond donors (Lipinski definition) is 0. The van der Waals surface area contributed by atoms with Crippen molar-refractivity contribution >= 4 is 23.5 Å². The van der Waals surface area contributed by atoms with E-state index < -0.39 is 17.9 Å². The highest BCUT2D eigenvalue weighted by atomic mass is 32.1. The van der Waals surface area contributed by atoms with Gasteiger partial charge in [-0.1, -0.05) is 18.2 Å². The SMILES string of the molecule is Cc1csc([C@H]2OC(C)(C)N(C(=O)c3ccccc3)[C@H]2C=O)c1. The lowest BCUT2D eigenvalue weighted by molar-refractivity contribution is -0.112. The van der Waals surface area contributed by atoms with Crippen molar-refractivity contribution in [3.05, 3.63) is 57.8 Å². The molecule has 0 N–H and O–H groups in total. The summed E-state index contributed by atoms with van der Waals surface area (Å²) in [6.07, 6.45) is 0.392. The third kappa shape index (κ3) is 2.82. The molecule has 0 unspecified atom stereocenters. The second kappa shape index (κ2) is 5.91. The van der Waals surface area contributed by atoms with Crippen LogP contribution in [0.25, 0.3) is 0 Å². The topological polar surface area (TPSA) is 46.6 Å². The molecule has 1 aliphatic rings.